The molecule has 0 heterocycles. The molecule has 5 heteroatoms. The van der Waals surface area contributed by atoms with E-state index in [1.165, 1.54) is 20.0 Å². The van der Waals surface area contributed by atoms with Crippen molar-refractivity contribution >= 4 is 11.6 Å². The maximum absolute atomic E-state index is 12.3. The first-order valence-corrected chi connectivity index (χ1v) is 6.48. The van der Waals surface area contributed by atoms with Crippen molar-refractivity contribution in [3.8, 4) is 11.5 Å². The van der Waals surface area contributed by atoms with E-state index in [1.54, 1.807) is 19.2 Å². The lowest BCUT2D eigenvalue weighted by Crippen LogP contribution is -2.33. The molecule has 5 nitrogen and oxygen atoms in total. The zero-order valence-electron chi connectivity index (χ0n) is 11.4. The highest BCUT2D eigenvalue weighted by Gasteiger charge is 2.21. The first-order valence-electron chi connectivity index (χ1n) is 6.48. The van der Waals surface area contributed by atoms with Gasteiger partial charge in [0.05, 0.1) is 25.5 Å². The topological polar surface area (TPSA) is 73.6 Å². The highest BCUT2D eigenvalue weighted by atomic mass is 16.5. The van der Waals surface area contributed by atoms with E-state index in [9.17, 15) is 4.79 Å². The van der Waals surface area contributed by atoms with Gasteiger partial charge in [0.15, 0.2) is 0 Å². The van der Waals surface area contributed by atoms with Crippen LogP contribution in [0, 0.1) is 0 Å². The van der Waals surface area contributed by atoms with Gasteiger partial charge in [-0.1, -0.05) is 12.8 Å². The molecule has 0 bridgehead atoms. The third-order valence-corrected chi connectivity index (χ3v) is 3.51. The molecule has 1 aromatic rings. The van der Waals surface area contributed by atoms with Crippen molar-refractivity contribution in [2.75, 3.05) is 20.0 Å². The number of anilines is 1. The molecule has 1 amide bonds. The van der Waals surface area contributed by atoms with Crippen LogP contribution in [0.5, 0.6) is 11.5 Å². The lowest BCUT2D eigenvalue weighted by Gasteiger charge is -2.15. The fourth-order valence-corrected chi connectivity index (χ4v) is 2.41. The molecule has 0 spiro atoms. The summed E-state index contributed by atoms with van der Waals surface area (Å²) in [5.74, 6) is 0.847. The Morgan fingerprint density at radius 1 is 1.26 bits per heavy atom. The minimum Gasteiger partial charge on any atom is -0.497 e. The fraction of sp³-hybridized carbons (Fsp3) is 0.500. The molecular weight excluding hydrogens is 244 g/mol. The van der Waals surface area contributed by atoms with Gasteiger partial charge in [0.1, 0.15) is 11.5 Å². The van der Waals surface area contributed by atoms with Gasteiger partial charge < -0.3 is 20.5 Å². The molecule has 0 saturated heterocycles. The summed E-state index contributed by atoms with van der Waals surface area (Å²) in [4.78, 5) is 12.3. The van der Waals surface area contributed by atoms with E-state index >= 15 is 0 Å². The maximum Gasteiger partial charge on any atom is 0.253 e. The average molecular weight is 264 g/mol. The van der Waals surface area contributed by atoms with Crippen molar-refractivity contribution in [1.82, 2.24) is 5.32 Å². The van der Waals surface area contributed by atoms with Crippen LogP contribution >= 0.6 is 0 Å². The van der Waals surface area contributed by atoms with Gasteiger partial charge >= 0.3 is 0 Å². The van der Waals surface area contributed by atoms with E-state index in [1.807, 2.05) is 0 Å². The smallest absolute Gasteiger partial charge is 0.253 e. The van der Waals surface area contributed by atoms with Gasteiger partial charge in [0.2, 0.25) is 0 Å². The summed E-state index contributed by atoms with van der Waals surface area (Å²) in [7, 11) is 3.06. The van der Waals surface area contributed by atoms with Crippen molar-refractivity contribution in [3.63, 3.8) is 0 Å². The standard InChI is InChI=1S/C14H20N2O3/c1-18-10-7-11(13(15)12(8-10)19-2)14(17)16-9-5-3-4-6-9/h7-9H,3-6,15H2,1-2H3,(H,16,17). The zero-order valence-corrected chi connectivity index (χ0v) is 11.4. The number of rotatable bonds is 4. The summed E-state index contributed by atoms with van der Waals surface area (Å²) < 4.78 is 10.3. The van der Waals surface area contributed by atoms with Crippen molar-refractivity contribution in [2.45, 2.75) is 31.7 Å². The van der Waals surface area contributed by atoms with Crippen molar-refractivity contribution in [2.24, 2.45) is 0 Å². The predicted octanol–water partition coefficient (Wildman–Crippen LogP) is 1.96. The predicted molar refractivity (Wildman–Crippen MR) is 73.7 cm³/mol. The molecule has 3 N–H and O–H groups in total. The van der Waals surface area contributed by atoms with Crippen LogP contribution in [0.4, 0.5) is 5.69 Å². The van der Waals surface area contributed by atoms with E-state index in [2.05, 4.69) is 5.32 Å². The first-order chi connectivity index (χ1) is 9.15. The van der Waals surface area contributed by atoms with Gasteiger partial charge in [0, 0.05) is 12.1 Å². The quantitative estimate of drug-likeness (QED) is 0.815. The lowest BCUT2D eigenvalue weighted by atomic mass is 10.1. The Kier molecular flexibility index (Phi) is 4.14. The zero-order chi connectivity index (χ0) is 13.8. The highest BCUT2D eigenvalue weighted by Crippen LogP contribution is 2.31. The van der Waals surface area contributed by atoms with Crippen LogP contribution in [-0.4, -0.2) is 26.2 Å². The molecule has 1 fully saturated rings. The lowest BCUT2D eigenvalue weighted by molar-refractivity contribution is 0.0938. The Balaban J connectivity index is 2.23. The van der Waals surface area contributed by atoms with E-state index in [0.717, 1.165) is 12.8 Å². The van der Waals surface area contributed by atoms with E-state index in [4.69, 9.17) is 15.2 Å². The number of methoxy groups -OCH3 is 2. The highest BCUT2D eigenvalue weighted by molar-refractivity contribution is 6.01. The molecule has 2 rings (SSSR count). The van der Waals surface area contributed by atoms with Crippen LogP contribution in [0.1, 0.15) is 36.0 Å². The SMILES string of the molecule is COc1cc(OC)c(N)c(C(=O)NC2CCCC2)c1. The number of amides is 1. The molecule has 1 aliphatic rings. The molecule has 0 aliphatic heterocycles. The summed E-state index contributed by atoms with van der Waals surface area (Å²) in [5.41, 5.74) is 6.70. The molecule has 1 aromatic carbocycles. The molecule has 19 heavy (non-hydrogen) atoms. The number of benzene rings is 1. The summed E-state index contributed by atoms with van der Waals surface area (Å²) in [6.07, 6.45) is 4.41. The fourth-order valence-electron chi connectivity index (χ4n) is 2.41. The number of nitrogen functional groups attached to an aromatic ring is 1. The molecule has 1 aliphatic carbocycles. The van der Waals surface area contributed by atoms with Crippen LogP contribution in [0.2, 0.25) is 0 Å². The third-order valence-electron chi connectivity index (χ3n) is 3.51. The summed E-state index contributed by atoms with van der Waals surface area (Å²) in [5, 5.41) is 3.01. The molecule has 0 unspecified atom stereocenters. The van der Waals surface area contributed by atoms with Crippen LogP contribution in [-0.2, 0) is 0 Å². The van der Waals surface area contributed by atoms with Crippen LogP contribution in [0.25, 0.3) is 0 Å². The maximum atomic E-state index is 12.3. The van der Waals surface area contributed by atoms with Gasteiger partial charge in [0.25, 0.3) is 5.91 Å². The van der Waals surface area contributed by atoms with Crippen LogP contribution in [0.15, 0.2) is 12.1 Å². The van der Waals surface area contributed by atoms with Gasteiger partial charge in [-0.05, 0) is 18.9 Å². The minimum absolute atomic E-state index is 0.165. The van der Waals surface area contributed by atoms with Crippen LogP contribution in [0.3, 0.4) is 0 Å². The summed E-state index contributed by atoms with van der Waals surface area (Å²) >= 11 is 0. The van der Waals surface area contributed by atoms with Gasteiger partial charge in [-0.2, -0.15) is 0 Å². The summed E-state index contributed by atoms with van der Waals surface area (Å²) in [6, 6.07) is 3.56. The summed E-state index contributed by atoms with van der Waals surface area (Å²) in [6.45, 7) is 0. The first kappa shape index (κ1) is 13.5. The second-order valence-electron chi connectivity index (χ2n) is 4.75. The Labute approximate surface area is 113 Å². The normalized spacial score (nSPS) is 15.3. The van der Waals surface area contributed by atoms with Crippen LogP contribution < -0.4 is 20.5 Å². The number of carbonyl (C=O) groups excluding carboxylic acids is 1. The number of hydrogen-bond donors (Lipinski definition) is 2. The average Bonchev–Trinajstić information content (AvgIpc) is 2.91. The molecule has 0 radical (unpaired) electrons. The van der Waals surface area contributed by atoms with Crippen molar-refractivity contribution in [1.29, 1.82) is 0 Å². The third kappa shape index (κ3) is 2.92. The van der Waals surface area contributed by atoms with E-state index in [0.29, 0.717) is 22.7 Å². The monoisotopic (exact) mass is 264 g/mol. The second kappa shape index (κ2) is 5.82. The molecule has 104 valence electrons. The van der Waals surface area contributed by atoms with Gasteiger partial charge in [-0.3, -0.25) is 4.79 Å². The number of ether oxygens (including phenoxy) is 2. The number of nitrogens with two attached hydrogens (primary N) is 1. The number of hydrogen-bond acceptors (Lipinski definition) is 4. The molecule has 0 aromatic heterocycles. The van der Waals surface area contributed by atoms with Crippen molar-refractivity contribution in [3.05, 3.63) is 17.7 Å². The van der Waals surface area contributed by atoms with Gasteiger partial charge in [-0.25, -0.2) is 0 Å². The molecule has 0 atom stereocenters. The minimum atomic E-state index is -0.165. The molecule has 1 saturated carbocycles. The van der Waals surface area contributed by atoms with Gasteiger partial charge in [-0.15, -0.1) is 0 Å². The Hall–Kier alpha value is -1.91. The largest absolute Gasteiger partial charge is 0.497 e. The van der Waals surface area contributed by atoms with E-state index in [-0.39, 0.29) is 11.9 Å². The Morgan fingerprint density at radius 2 is 1.95 bits per heavy atom. The second-order valence-corrected chi connectivity index (χ2v) is 4.75. The van der Waals surface area contributed by atoms with Crippen molar-refractivity contribution < 1.29 is 14.3 Å². The molecular formula is C14H20N2O3. The Morgan fingerprint density at radius 3 is 2.53 bits per heavy atom. The number of nitrogens with one attached hydrogen (secondary N) is 1. The van der Waals surface area contributed by atoms with E-state index < -0.39 is 0 Å². The number of carbonyl (C=O) groups is 1. The Bertz CT molecular complexity index is 468.